The monoisotopic (exact) mass is 239 g/mol. The number of likely N-dealkylation sites (N-methyl/N-ethyl adjacent to an activating group) is 2. The molecule has 0 unspecified atom stereocenters. The van der Waals surface area contributed by atoms with Crippen molar-refractivity contribution in [3.8, 4) is 0 Å². The Morgan fingerprint density at radius 1 is 1.06 bits per heavy atom. The van der Waals surface area contributed by atoms with Crippen LogP contribution < -0.4 is 5.73 Å². The van der Waals surface area contributed by atoms with Crippen molar-refractivity contribution in [2.45, 2.75) is 62.6 Å². The smallest absolute Gasteiger partial charge is 0.0330 e. The first kappa shape index (κ1) is 13.3. The summed E-state index contributed by atoms with van der Waals surface area (Å²) in [6.07, 6.45) is 9.16. The third-order valence-electron chi connectivity index (χ3n) is 5.14. The van der Waals surface area contributed by atoms with Crippen LogP contribution in [-0.4, -0.2) is 55.1 Å². The molecule has 0 radical (unpaired) electrons. The summed E-state index contributed by atoms with van der Waals surface area (Å²) in [5.41, 5.74) is 6.45. The minimum Gasteiger partial charge on any atom is -0.328 e. The first-order chi connectivity index (χ1) is 8.03. The fourth-order valence-electron chi connectivity index (χ4n) is 3.47. The molecule has 2 fully saturated rings. The van der Waals surface area contributed by atoms with E-state index in [4.69, 9.17) is 5.73 Å². The summed E-state index contributed by atoms with van der Waals surface area (Å²) in [4.78, 5) is 5.05. The molecule has 0 atom stereocenters. The lowest BCUT2D eigenvalue weighted by Crippen LogP contribution is -2.58. The predicted molar refractivity (Wildman–Crippen MR) is 73.1 cm³/mol. The summed E-state index contributed by atoms with van der Waals surface area (Å²) in [6.45, 7) is 1.24. The van der Waals surface area contributed by atoms with Crippen LogP contribution in [0.1, 0.15) is 44.9 Å². The van der Waals surface area contributed by atoms with E-state index in [0.717, 1.165) is 6.04 Å². The highest BCUT2D eigenvalue weighted by molar-refractivity contribution is 4.99. The third-order valence-corrected chi connectivity index (χ3v) is 5.14. The number of hydrogen-bond donors (Lipinski definition) is 1. The normalized spacial score (nSPS) is 32.8. The van der Waals surface area contributed by atoms with Crippen LogP contribution in [0.5, 0.6) is 0 Å². The second-order valence-corrected chi connectivity index (χ2v) is 6.46. The maximum Gasteiger partial charge on any atom is 0.0330 e. The summed E-state index contributed by atoms with van der Waals surface area (Å²) in [5, 5.41) is 0. The number of rotatable bonds is 4. The molecule has 2 rings (SSSR count). The first-order valence-corrected chi connectivity index (χ1v) is 7.17. The number of hydrogen-bond acceptors (Lipinski definition) is 3. The molecule has 0 heterocycles. The molecule has 0 aromatic rings. The maximum absolute atomic E-state index is 5.98. The lowest BCUT2D eigenvalue weighted by Gasteiger charge is -2.51. The Morgan fingerprint density at radius 2 is 1.65 bits per heavy atom. The standard InChI is InChI=1S/C14H29N3/c1-16(2)14(9-4-10-14)11-17(3)13-7-5-12(15)6-8-13/h12-13H,4-11,15H2,1-3H3. The van der Waals surface area contributed by atoms with Gasteiger partial charge in [-0.3, -0.25) is 0 Å². The van der Waals surface area contributed by atoms with E-state index in [1.807, 2.05) is 0 Å². The molecule has 0 aromatic carbocycles. The summed E-state index contributed by atoms with van der Waals surface area (Å²) in [5.74, 6) is 0. The molecule has 0 aliphatic heterocycles. The Bertz CT molecular complexity index is 240. The van der Waals surface area contributed by atoms with Crippen molar-refractivity contribution in [2.24, 2.45) is 5.73 Å². The van der Waals surface area contributed by atoms with Crippen LogP contribution in [0.15, 0.2) is 0 Å². The Labute approximate surface area is 106 Å². The molecule has 2 N–H and O–H groups in total. The molecule has 3 heteroatoms. The molecule has 2 saturated carbocycles. The van der Waals surface area contributed by atoms with Crippen LogP contribution in [0.25, 0.3) is 0 Å². The molecular formula is C14H29N3. The SMILES string of the molecule is CN(CC1(N(C)C)CCC1)C1CCC(N)CC1. The van der Waals surface area contributed by atoms with Gasteiger partial charge in [-0.1, -0.05) is 0 Å². The average Bonchev–Trinajstić information content (AvgIpc) is 2.23. The minimum atomic E-state index is 0.464. The fourth-order valence-corrected chi connectivity index (χ4v) is 3.47. The van der Waals surface area contributed by atoms with E-state index in [2.05, 4.69) is 30.9 Å². The maximum atomic E-state index is 5.98. The average molecular weight is 239 g/mol. The number of nitrogens with two attached hydrogens (primary N) is 1. The van der Waals surface area contributed by atoms with E-state index in [1.54, 1.807) is 0 Å². The molecule has 3 nitrogen and oxygen atoms in total. The zero-order chi connectivity index (χ0) is 12.5. The summed E-state index contributed by atoms with van der Waals surface area (Å²) < 4.78 is 0. The second kappa shape index (κ2) is 5.25. The van der Waals surface area contributed by atoms with Crippen LogP contribution in [0, 0.1) is 0 Å². The Morgan fingerprint density at radius 3 is 2.06 bits per heavy atom. The summed E-state index contributed by atoms with van der Waals surface area (Å²) in [7, 11) is 6.79. The largest absolute Gasteiger partial charge is 0.328 e. The Hall–Kier alpha value is -0.120. The van der Waals surface area contributed by atoms with Gasteiger partial charge in [-0.15, -0.1) is 0 Å². The van der Waals surface area contributed by atoms with Gasteiger partial charge in [0.15, 0.2) is 0 Å². The zero-order valence-electron chi connectivity index (χ0n) is 11.8. The van der Waals surface area contributed by atoms with E-state index in [-0.39, 0.29) is 0 Å². The molecule has 17 heavy (non-hydrogen) atoms. The van der Waals surface area contributed by atoms with Gasteiger partial charge >= 0.3 is 0 Å². The predicted octanol–water partition coefficient (Wildman–Crippen LogP) is 1.67. The highest BCUT2D eigenvalue weighted by atomic mass is 15.2. The first-order valence-electron chi connectivity index (χ1n) is 7.17. The van der Waals surface area contributed by atoms with Crippen molar-refractivity contribution in [3.63, 3.8) is 0 Å². The van der Waals surface area contributed by atoms with Gasteiger partial charge in [0, 0.05) is 24.2 Å². The second-order valence-electron chi connectivity index (χ2n) is 6.46. The molecule has 100 valence electrons. The lowest BCUT2D eigenvalue weighted by atomic mass is 9.75. The summed E-state index contributed by atoms with van der Waals surface area (Å²) >= 11 is 0. The molecule has 0 saturated heterocycles. The molecule has 0 spiro atoms. The van der Waals surface area contributed by atoms with Crippen LogP contribution in [0.4, 0.5) is 0 Å². The Balaban J connectivity index is 1.85. The molecular weight excluding hydrogens is 210 g/mol. The van der Waals surface area contributed by atoms with Gasteiger partial charge in [0.05, 0.1) is 0 Å². The lowest BCUT2D eigenvalue weighted by molar-refractivity contribution is 0.0105. The fraction of sp³-hybridized carbons (Fsp3) is 1.00. The van der Waals surface area contributed by atoms with Crippen molar-refractivity contribution in [2.75, 3.05) is 27.7 Å². The van der Waals surface area contributed by atoms with Crippen LogP contribution in [0.2, 0.25) is 0 Å². The van der Waals surface area contributed by atoms with E-state index >= 15 is 0 Å². The molecule has 2 aliphatic rings. The molecule has 0 bridgehead atoms. The molecule has 0 amide bonds. The van der Waals surface area contributed by atoms with Gasteiger partial charge in [0.25, 0.3) is 0 Å². The van der Waals surface area contributed by atoms with Gasteiger partial charge in [0.2, 0.25) is 0 Å². The van der Waals surface area contributed by atoms with Crippen LogP contribution >= 0.6 is 0 Å². The van der Waals surface area contributed by atoms with Gasteiger partial charge in [-0.25, -0.2) is 0 Å². The zero-order valence-corrected chi connectivity index (χ0v) is 11.8. The molecule has 2 aliphatic carbocycles. The van der Waals surface area contributed by atoms with Crippen molar-refractivity contribution >= 4 is 0 Å². The minimum absolute atomic E-state index is 0.464. The van der Waals surface area contributed by atoms with E-state index in [1.165, 1.54) is 51.5 Å². The van der Waals surface area contributed by atoms with E-state index in [9.17, 15) is 0 Å². The van der Waals surface area contributed by atoms with E-state index in [0.29, 0.717) is 11.6 Å². The van der Waals surface area contributed by atoms with Gasteiger partial charge in [0.1, 0.15) is 0 Å². The van der Waals surface area contributed by atoms with Gasteiger partial charge < -0.3 is 15.5 Å². The van der Waals surface area contributed by atoms with Crippen LogP contribution in [0.3, 0.4) is 0 Å². The van der Waals surface area contributed by atoms with Crippen molar-refractivity contribution in [1.29, 1.82) is 0 Å². The highest BCUT2D eigenvalue weighted by Gasteiger charge is 2.40. The topological polar surface area (TPSA) is 32.5 Å². The van der Waals surface area contributed by atoms with Gasteiger partial charge in [-0.05, 0) is 66.1 Å². The highest BCUT2D eigenvalue weighted by Crippen LogP contribution is 2.37. The quantitative estimate of drug-likeness (QED) is 0.810. The van der Waals surface area contributed by atoms with Crippen molar-refractivity contribution in [3.05, 3.63) is 0 Å². The van der Waals surface area contributed by atoms with Crippen molar-refractivity contribution in [1.82, 2.24) is 9.80 Å². The van der Waals surface area contributed by atoms with Crippen molar-refractivity contribution < 1.29 is 0 Å². The van der Waals surface area contributed by atoms with E-state index < -0.39 is 0 Å². The molecule has 0 aromatic heterocycles. The number of nitrogens with zero attached hydrogens (tertiary/aromatic N) is 2. The van der Waals surface area contributed by atoms with Crippen LogP contribution in [-0.2, 0) is 0 Å². The van der Waals surface area contributed by atoms with Gasteiger partial charge in [-0.2, -0.15) is 0 Å². The summed E-state index contributed by atoms with van der Waals surface area (Å²) in [6, 6.07) is 1.23. The Kier molecular flexibility index (Phi) is 4.11. The third kappa shape index (κ3) is 2.83.